The van der Waals surface area contributed by atoms with Crippen molar-refractivity contribution in [3.05, 3.63) is 27.1 Å². The molecule has 0 unspecified atom stereocenters. The molecule has 0 radical (unpaired) electrons. The molecule has 1 N–H and O–H groups in total. The second-order valence-electron chi connectivity index (χ2n) is 5.14. The number of carbonyl (C=O) groups is 2. The van der Waals surface area contributed by atoms with Crippen molar-refractivity contribution < 1.29 is 9.59 Å². The van der Waals surface area contributed by atoms with Crippen LogP contribution in [0.4, 0.5) is 5.69 Å². The number of hydrogen-bond donors (Lipinski definition) is 1. The van der Waals surface area contributed by atoms with Crippen LogP contribution < -0.4 is 10.2 Å². The third-order valence-corrected chi connectivity index (χ3v) is 5.17. The van der Waals surface area contributed by atoms with Crippen LogP contribution in [-0.2, 0) is 9.59 Å². The molecular weight excluding hydrogens is 400 g/mol. The highest BCUT2D eigenvalue weighted by atomic mass is 79.9. The molecule has 2 amide bonds. The van der Waals surface area contributed by atoms with E-state index in [1.165, 1.54) is 0 Å². The fourth-order valence-electron chi connectivity index (χ4n) is 2.61. The monoisotopic (exact) mass is 416 g/mol. The Morgan fingerprint density at radius 2 is 1.90 bits per heavy atom. The van der Waals surface area contributed by atoms with Crippen LogP contribution in [0.1, 0.15) is 33.1 Å². The Kier molecular flexibility index (Phi) is 5.09. The lowest BCUT2D eigenvalue weighted by Gasteiger charge is -2.34. The lowest BCUT2D eigenvalue weighted by atomic mass is 9.91. The molecule has 0 bridgehead atoms. The number of benzene rings is 1. The fourth-order valence-corrected chi connectivity index (χ4v) is 3.42. The van der Waals surface area contributed by atoms with Crippen molar-refractivity contribution in [1.29, 1.82) is 0 Å². The van der Waals surface area contributed by atoms with Crippen molar-refractivity contribution in [2.45, 2.75) is 38.6 Å². The molecule has 1 aliphatic rings. The summed E-state index contributed by atoms with van der Waals surface area (Å²) >= 11 is 6.93. The Labute approximate surface area is 141 Å². The van der Waals surface area contributed by atoms with Gasteiger partial charge in [0, 0.05) is 21.9 Å². The van der Waals surface area contributed by atoms with Crippen molar-refractivity contribution in [2.75, 3.05) is 11.4 Å². The molecule has 0 aromatic heterocycles. The molecule has 6 heteroatoms. The Bertz CT molecular complexity index is 571. The lowest BCUT2D eigenvalue weighted by Crippen LogP contribution is -2.56. The van der Waals surface area contributed by atoms with Gasteiger partial charge in [-0.25, -0.2) is 0 Å². The summed E-state index contributed by atoms with van der Waals surface area (Å²) in [6, 6.07) is 5.70. The van der Waals surface area contributed by atoms with E-state index < -0.39 is 5.54 Å². The van der Waals surface area contributed by atoms with E-state index in [2.05, 4.69) is 37.2 Å². The summed E-state index contributed by atoms with van der Waals surface area (Å²) in [5, 5.41) is 2.92. The first-order chi connectivity index (χ1) is 9.93. The Morgan fingerprint density at radius 1 is 1.24 bits per heavy atom. The van der Waals surface area contributed by atoms with Crippen LogP contribution in [-0.4, -0.2) is 23.9 Å². The van der Waals surface area contributed by atoms with Gasteiger partial charge in [-0.2, -0.15) is 0 Å². The predicted molar refractivity (Wildman–Crippen MR) is 90.3 cm³/mol. The average molecular weight is 418 g/mol. The molecule has 1 aromatic carbocycles. The van der Waals surface area contributed by atoms with Gasteiger partial charge >= 0.3 is 0 Å². The molecule has 2 rings (SSSR count). The van der Waals surface area contributed by atoms with E-state index in [1.807, 2.05) is 32.0 Å². The molecule has 1 fully saturated rings. The predicted octanol–water partition coefficient (Wildman–Crippen LogP) is 3.62. The highest BCUT2D eigenvalue weighted by Crippen LogP contribution is 2.33. The summed E-state index contributed by atoms with van der Waals surface area (Å²) in [5.74, 6) is -0.113. The zero-order valence-electron chi connectivity index (χ0n) is 12.1. The molecule has 1 saturated heterocycles. The number of halogens is 2. The first-order valence-electron chi connectivity index (χ1n) is 7.01. The Morgan fingerprint density at radius 3 is 2.52 bits per heavy atom. The maximum absolute atomic E-state index is 13.0. The molecule has 0 saturated carbocycles. The molecule has 1 aromatic rings. The van der Waals surface area contributed by atoms with Crippen LogP contribution >= 0.6 is 31.9 Å². The summed E-state index contributed by atoms with van der Waals surface area (Å²) in [6.45, 7) is 4.25. The standard InChI is InChI=1S/C15H18Br2N2O2/c1-3-15(4-2)14(21)19(8-7-13(20)18-15)12-9-10(16)5-6-11(12)17/h5-6,9H,3-4,7-8H2,1-2H3,(H,18,20). The van der Waals surface area contributed by atoms with E-state index in [0.717, 1.165) is 14.6 Å². The molecular formula is C15H18Br2N2O2. The van der Waals surface area contributed by atoms with Gasteiger partial charge < -0.3 is 10.2 Å². The van der Waals surface area contributed by atoms with Crippen LogP contribution in [0.25, 0.3) is 0 Å². The molecule has 0 spiro atoms. The maximum Gasteiger partial charge on any atom is 0.252 e. The minimum absolute atomic E-state index is 0.0443. The quantitative estimate of drug-likeness (QED) is 0.816. The van der Waals surface area contributed by atoms with Gasteiger partial charge in [0.25, 0.3) is 5.91 Å². The van der Waals surface area contributed by atoms with Crippen molar-refractivity contribution in [3.8, 4) is 0 Å². The van der Waals surface area contributed by atoms with E-state index in [9.17, 15) is 9.59 Å². The van der Waals surface area contributed by atoms with Crippen molar-refractivity contribution in [2.24, 2.45) is 0 Å². The van der Waals surface area contributed by atoms with Crippen molar-refractivity contribution in [1.82, 2.24) is 5.32 Å². The van der Waals surface area contributed by atoms with E-state index in [-0.39, 0.29) is 11.8 Å². The van der Waals surface area contributed by atoms with Gasteiger partial charge in [-0.1, -0.05) is 29.8 Å². The van der Waals surface area contributed by atoms with E-state index in [1.54, 1.807) is 4.90 Å². The van der Waals surface area contributed by atoms with Gasteiger partial charge in [-0.3, -0.25) is 9.59 Å². The van der Waals surface area contributed by atoms with Gasteiger partial charge in [0.05, 0.1) is 5.69 Å². The van der Waals surface area contributed by atoms with E-state index >= 15 is 0 Å². The molecule has 0 atom stereocenters. The number of hydrogen-bond acceptors (Lipinski definition) is 2. The zero-order valence-corrected chi connectivity index (χ0v) is 15.3. The number of carbonyl (C=O) groups excluding carboxylic acids is 2. The number of anilines is 1. The van der Waals surface area contributed by atoms with E-state index in [0.29, 0.717) is 25.8 Å². The van der Waals surface area contributed by atoms with Gasteiger partial charge in [-0.05, 0) is 47.0 Å². The zero-order chi connectivity index (χ0) is 15.6. The van der Waals surface area contributed by atoms with Crippen LogP contribution in [0.15, 0.2) is 27.1 Å². The molecule has 4 nitrogen and oxygen atoms in total. The molecule has 1 heterocycles. The summed E-state index contributed by atoms with van der Waals surface area (Å²) in [4.78, 5) is 26.7. The largest absolute Gasteiger partial charge is 0.342 e. The minimum Gasteiger partial charge on any atom is -0.342 e. The van der Waals surface area contributed by atoms with Crippen LogP contribution in [0, 0.1) is 0 Å². The molecule has 21 heavy (non-hydrogen) atoms. The van der Waals surface area contributed by atoms with Gasteiger partial charge in [0.15, 0.2) is 0 Å². The third-order valence-electron chi connectivity index (χ3n) is 4.00. The highest BCUT2D eigenvalue weighted by molar-refractivity contribution is 9.11. The summed E-state index contributed by atoms with van der Waals surface area (Å²) in [7, 11) is 0. The molecule has 0 aliphatic carbocycles. The van der Waals surface area contributed by atoms with Gasteiger partial charge in [-0.15, -0.1) is 0 Å². The van der Waals surface area contributed by atoms with Crippen LogP contribution in [0.3, 0.4) is 0 Å². The first-order valence-corrected chi connectivity index (χ1v) is 8.60. The Hall–Kier alpha value is -0.880. The smallest absolute Gasteiger partial charge is 0.252 e. The number of rotatable bonds is 3. The summed E-state index contributed by atoms with van der Waals surface area (Å²) < 4.78 is 1.74. The average Bonchev–Trinajstić information content (AvgIpc) is 2.59. The van der Waals surface area contributed by atoms with Crippen molar-refractivity contribution in [3.63, 3.8) is 0 Å². The number of nitrogens with zero attached hydrogens (tertiary/aromatic N) is 1. The topological polar surface area (TPSA) is 49.4 Å². The minimum atomic E-state index is -0.810. The second kappa shape index (κ2) is 6.48. The SMILES string of the molecule is CCC1(CC)NC(=O)CCN(c2cc(Br)ccc2Br)C1=O. The number of nitrogens with one attached hydrogen (secondary N) is 1. The summed E-state index contributed by atoms with van der Waals surface area (Å²) in [5.41, 5.74) is -0.0211. The highest BCUT2D eigenvalue weighted by Gasteiger charge is 2.42. The van der Waals surface area contributed by atoms with Crippen LogP contribution in [0.5, 0.6) is 0 Å². The van der Waals surface area contributed by atoms with Gasteiger partial charge in [0.1, 0.15) is 5.54 Å². The first kappa shape index (κ1) is 16.5. The molecule has 114 valence electrons. The third kappa shape index (κ3) is 3.16. The number of amides is 2. The Balaban J connectivity index is 2.49. The van der Waals surface area contributed by atoms with Gasteiger partial charge in [0.2, 0.25) is 5.91 Å². The summed E-state index contributed by atoms with van der Waals surface area (Å²) in [6.07, 6.45) is 1.47. The van der Waals surface area contributed by atoms with Crippen molar-refractivity contribution >= 4 is 49.4 Å². The second-order valence-corrected chi connectivity index (χ2v) is 6.91. The molecule has 1 aliphatic heterocycles. The fraction of sp³-hybridized carbons (Fsp3) is 0.467. The maximum atomic E-state index is 13.0. The van der Waals surface area contributed by atoms with Crippen LogP contribution in [0.2, 0.25) is 0 Å². The van der Waals surface area contributed by atoms with E-state index in [4.69, 9.17) is 0 Å². The normalized spacial score (nSPS) is 18.4. The lowest BCUT2D eigenvalue weighted by molar-refractivity contribution is -0.130.